The Morgan fingerprint density at radius 3 is 3.11 bits per heavy atom. The molecule has 1 aromatic heterocycles. The number of fused-ring (bicyclic) bond motifs is 2. The Kier molecular flexibility index (Phi) is 6.94. The average molecular weight is 500 g/mol. The average Bonchev–Trinajstić information content (AvgIpc) is 3.31. The number of aromatic nitrogens is 3. The highest BCUT2D eigenvalue weighted by atomic mass is 127. The number of nitrogens with one attached hydrogen (secondary N) is 2. The molecule has 2 aliphatic heterocycles. The summed E-state index contributed by atoms with van der Waals surface area (Å²) >= 11 is 0. The maximum Gasteiger partial charge on any atom is 0.231 e. The number of hydrogen-bond acceptors (Lipinski definition) is 6. The van der Waals surface area contributed by atoms with Crippen LogP contribution in [0, 0.1) is 0 Å². The van der Waals surface area contributed by atoms with Crippen LogP contribution in [0.15, 0.2) is 23.2 Å². The Balaban J connectivity index is 0.00000225. The molecule has 0 spiro atoms. The third kappa shape index (κ3) is 4.49. The number of para-hydroxylation sites is 1. The number of ether oxygens (including phenoxy) is 3. The van der Waals surface area contributed by atoms with E-state index in [4.69, 9.17) is 14.2 Å². The molecule has 2 aromatic rings. The van der Waals surface area contributed by atoms with Crippen LogP contribution in [-0.2, 0) is 30.9 Å². The van der Waals surface area contributed by atoms with Crippen molar-refractivity contribution in [3.63, 3.8) is 0 Å². The van der Waals surface area contributed by atoms with E-state index in [2.05, 4.69) is 25.7 Å². The molecular weight excluding hydrogens is 475 g/mol. The first-order valence-corrected chi connectivity index (χ1v) is 9.03. The molecule has 2 N–H and O–H groups in total. The standard InChI is InChI=1S/C18H24N6O3.HI/c1-19-18(20-8-12-4-3-5-14-17(12)27-11-26-14)21-13-6-7-16-22-15(10-25-2)23-24(16)9-13;/h3-5,13H,6-11H2,1-2H3,(H2,19,20,21);1H. The minimum Gasteiger partial charge on any atom is -0.454 e. The predicted molar refractivity (Wildman–Crippen MR) is 114 cm³/mol. The van der Waals surface area contributed by atoms with Gasteiger partial charge in [-0.25, -0.2) is 9.67 Å². The molecule has 0 fully saturated rings. The van der Waals surface area contributed by atoms with Crippen molar-refractivity contribution in [2.45, 2.75) is 38.6 Å². The van der Waals surface area contributed by atoms with Gasteiger partial charge in [0.15, 0.2) is 23.3 Å². The van der Waals surface area contributed by atoms with E-state index in [1.165, 1.54) is 0 Å². The summed E-state index contributed by atoms with van der Waals surface area (Å²) in [5.41, 5.74) is 1.04. The molecule has 2 aliphatic rings. The summed E-state index contributed by atoms with van der Waals surface area (Å²) < 4.78 is 18.1. The number of aryl methyl sites for hydroxylation is 1. The van der Waals surface area contributed by atoms with Crippen molar-refractivity contribution < 1.29 is 14.2 Å². The van der Waals surface area contributed by atoms with E-state index in [-0.39, 0.29) is 36.8 Å². The van der Waals surface area contributed by atoms with Crippen molar-refractivity contribution >= 4 is 29.9 Å². The van der Waals surface area contributed by atoms with Crippen molar-refractivity contribution in [3.8, 4) is 11.5 Å². The Morgan fingerprint density at radius 1 is 1.39 bits per heavy atom. The van der Waals surface area contributed by atoms with E-state index in [1.54, 1.807) is 14.2 Å². The number of benzene rings is 1. The summed E-state index contributed by atoms with van der Waals surface area (Å²) in [7, 11) is 3.42. The van der Waals surface area contributed by atoms with Gasteiger partial charge in [0.2, 0.25) is 6.79 Å². The van der Waals surface area contributed by atoms with Crippen LogP contribution in [0.25, 0.3) is 0 Å². The molecule has 1 unspecified atom stereocenters. The molecule has 0 radical (unpaired) electrons. The van der Waals surface area contributed by atoms with Crippen LogP contribution in [0.4, 0.5) is 0 Å². The maximum atomic E-state index is 5.56. The van der Waals surface area contributed by atoms with E-state index in [9.17, 15) is 0 Å². The largest absolute Gasteiger partial charge is 0.454 e. The lowest BCUT2D eigenvalue weighted by Gasteiger charge is -2.25. The van der Waals surface area contributed by atoms with Crippen LogP contribution in [0.1, 0.15) is 23.6 Å². The maximum absolute atomic E-state index is 5.56. The highest BCUT2D eigenvalue weighted by Gasteiger charge is 2.23. The van der Waals surface area contributed by atoms with Crippen LogP contribution in [0.3, 0.4) is 0 Å². The third-order valence-corrected chi connectivity index (χ3v) is 4.66. The van der Waals surface area contributed by atoms with Gasteiger partial charge < -0.3 is 24.8 Å². The van der Waals surface area contributed by atoms with Crippen LogP contribution >= 0.6 is 24.0 Å². The molecule has 0 bridgehead atoms. The first-order chi connectivity index (χ1) is 13.3. The third-order valence-electron chi connectivity index (χ3n) is 4.66. The zero-order valence-corrected chi connectivity index (χ0v) is 18.3. The second-order valence-corrected chi connectivity index (χ2v) is 6.52. The van der Waals surface area contributed by atoms with E-state index in [0.29, 0.717) is 13.2 Å². The molecule has 9 nitrogen and oxygen atoms in total. The molecule has 3 heterocycles. The number of halogens is 1. The van der Waals surface area contributed by atoms with Gasteiger partial charge in [-0.05, 0) is 12.5 Å². The van der Waals surface area contributed by atoms with Crippen LogP contribution in [0.5, 0.6) is 11.5 Å². The molecule has 1 aromatic carbocycles. The number of aliphatic imine (C=N–C) groups is 1. The summed E-state index contributed by atoms with van der Waals surface area (Å²) in [6, 6.07) is 6.13. The van der Waals surface area contributed by atoms with Crippen LogP contribution < -0.4 is 20.1 Å². The van der Waals surface area contributed by atoms with Crippen molar-refractivity contribution in [1.82, 2.24) is 25.4 Å². The van der Waals surface area contributed by atoms with Crippen molar-refractivity contribution in [1.29, 1.82) is 0 Å². The lowest BCUT2D eigenvalue weighted by Crippen LogP contribution is -2.46. The Morgan fingerprint density at radius 2 is 2.29 bits per heavy atom. The predicted octanol–water partition coefficient (Wildman–Crippen LogP) is 1.45. The number of guanidine groups is 1. The van der Waals surface area contributed by atoms with Crippen molar-refractivity contribution in [2.75, 3.05) is 21.0 Å². The Hall–Kier alpha value is -2.08. The van der Waals surface area contributed by atoms with Gasteiger partial charge in [-0.2, -0.15) is 5.10 Å². The highest BCUT2D eigenvalue weighted by Crippen LogP contribution is 2.35. The zero-order chi connectivity index (χ0) is 18.6. The second kappa shape index (κ2) is 9.41. The number of rotatable bonds is 5. The highest BCUT2D eigenvalue weighted by molar-refractivity contribution is 14.0. The summed E-state index contributed by atoms with van der Waals surface area (Å²) in [5.74, 6) is 4.08. The quantitative estimate of drug-likeness (QED) is 0.365. The summed E-state index contributed by atoms with van der Waals surface area (Å²) in [5, 5.41) is 11.3. The molecule has 1 atom stereocenters. The summed E-state index contributed by atoms with van der Waals surface area (Å²) in [4.78, 5) is 8.85. The normalized spacial score (nSPS) is 17.6. The Labute approximate surface area is 180 Å². The molecule has 10 heteroatoms. The molecule has 152 valence electrons. The van der Waals surface area contributed by atoms with E-state index < -0.39 is 0 Å². The fourth-order valence-corrected chi connectivity index (χ4v) is 3.37. The number of hydrogen-bond donors (Lipinski definition) is 2. The molecule has 28 heavy (non-hydrogen) atoms. The smallest absolute Gasteiger partial charge is 0.231 e. The van der Waals surface area contributed by atoms with Gasteiger partial charge in [-0.3, -0.25) is 4.99 Å². The minimum atomic E-state index is 0. The lowest BCUT2D eigenvalue weighted by atomic mass is 10.1. The molecule has 0 saturated heterocycles. The zero-order valence-electron chi connectivity index (χ0n) is 16.0. The molecule has 4 rings (SSSR count). The first-order valence-electron chi connectivity index (χ1n) is 9.03. The molecule has 0 saturated carbocycles. The van der Waals surface area contributed by atoms with Crippen LogP contribution in [0.2, 0.25) is 0 Å². The van der Waals surface area contributed by atoms with Crippen molar-refractivity contribution in [2.24, 2.45) is 4.99 Å². The SMILES string of the molecule is CN=C(NCc1cccc2c1OCO2)NC1CCc2nc(COC)nn2C1.I. The number of methoxy groups -OCH3 is 1. The van der Waals surface area contributed by atoms with Gasteiger partial charge in [0.05, 0.1) is 6.54 Å². The number of nitrogens with zero attached hydrogens (tertiary/aromatic N) is 4. The molecular formula is C18H25IN6O3. The van der Waals surface area contributed by atoms with Gasteiger partial charge in [0, 0.05) is 38.7 Å². The van der Waals surface area contributed by atoms with Crippen LogP contribution in [-0.4, -0.2) is 47.7 Å². The monoisotopic (exact) mass is 500 g/mol. The topological polar surface area (TPSA) is 94.8 Å². The minimum absolute atomic E-state index is 0. The molecule has 0 amide bonds. The second-order valence-electron chi connectivity index (χ2n) is 6.52. The molecule has 0 aliphatic carbocycles. The van der Waals surface area contributed by atoms with Gasteiger partial charge in [-0.15, -0.1) is 24.0 Å². The fraction of sp³-hybridized carbons (Fsp3) is 0.500. The van der Waals surface area contributed by atoms with E-state index >= 15 is 0 Å². The van der Waals surface area contributed by atoms with Gasteiger partial charge in [0.25, 0.3) is 0 Å². The lowest BCUT2D eigenvalue weighted by molar-refractivity contribution is 0.173. The summed E-state index contributed by atoms with van der Waals surface area (Å²) in [6.07, 6.45) is 1.85. The van der Waals surface area contributed by atoms with Gasteiger partial charge in [-0.1, -0.05) is 12.1 Å². The van der Waals surface area contributed by atoms with E-state index in [0.717, 1.165) is 54.1 Å². The van der Waals surface area contributed by atoms with Gasteiger partial charge >= 0.3 is 0 Å². The summed E-state index contributed by atoms with van der Waals surface area (Å²) in [6.45, 7) is 2.07. The first kappa shape index (κ1) is 20.6. The van der Waals surface area contributed by atoms with Gasteiger partial charge in [0.1, 0.15) is 12.4 Å². The fourth-order valence-electron chi connectivity index (χ4n) is 3.37. The van der Waals surface area contributed by atoms with Crippen molar-refractivity contribution in [3.05, 3.63) is 35.4 Å². The van der Waals surface area contributed by atoms with E-state index in [1.807, 2.05) is 22.9 Å². The Bertz CT molecular complexity index is 841.